The van der Waals surface area contributed by atoms with E-state index in [1.54, 1.807) is 10.0 Å². The summed E-state index contributed by atoms with van der Waals surface area (Å²) in [4.78, 5) is 35.2. The highest BCUT2D eigenvalue weighted by atomic mass is 16.5. The van der Waals surface area contributed by atoms with E-state index in [9.17, 15) is 14.4 Å². The zero-order chi connectivity index (χ0) is 20.5. The molecule has 7 nitrogen and oxygen atoms in total. The summed E-state index contributed by atoms with van der Waals surface area (Å²) in [5.41, 5.74) is 1.87. The van der Waals surface area contributed by atoms with E-state index in [-0.39, 0.29) is 24.3 Å². The Labute approximate surface area is 165 Å². The van der Waals surface area contributed by atoms with E-state index in [0.29, 0.717) is 13.2 Å². The maximum atomic E-state index is 12.3. The van der Waals surface area contributed by atoms with Crippen molar-refractivity contribution in [1.29, 1.82) is 0 Å². The van der Waals surface area contributed by atoms with Gasteiger partial charge in [-0.2, -0.15) is 0 Å². The number of anilines is 1. The van der Waals surface area contributed by atoms with E-state index in [4.69, 9.17) is 9.47 Å². The topological polar surface area (TPSA) is 76.2 Å². The number of hydrogen-bond donors (Lipinski definition) is 0. The lowest BCUT2D eigenvalue weighted by Crippen LogP contribution is -2.41. The van der Waals surface area contributed by atoms with Crippen LogP contribution in [0.3, 0.4) is 0 Å². The maximum absolute atomic E-state index is 12.3. The van der Waals surface area contributed by atoms with Crippen LogP contribution >= 0.6 is 0 Å². The molecule has 2 rings (SSSR count). The number of hydrazine groups is 1. The average Bonchev–Trinajstić information content (AvgIpc) is 2.96. The third kappa shape index (κ3) is 5.58. The molecular weight excluding hydrogens is 360 g/mol. The van der Waals surface area contributed by atoms with Gasteiger partial charge in [-0.25, -0.2) is 9.80 Å². The number of carbonyl (C=O) groups is 3. The molecule has 1 aromatic carbocycles. The maximum Gasteiger partial charge on any atom is 0.330 e. The van der Waals surface area contributed by atoms with Crippen LogP contribution in [0.15, 0.2) is 36.9 Å². The fourth-order valence-electron chi connectivity index (χ4n) is 3.34. The molecule has 1 unspecified atom stereocenters. The number of hydrogen-bond acceptors (Lipinski definition) is 6. The average molecular weight is 388 g/mol. The molecule has 0 aliphatic carbocycles. The molecule has 0 N–H and O–H groups in total. The van der Waals surface area contributed by atoms with Crippen molar-refractivity contribution in [3.8, 4) is 0 Å². The molecular formula is C21H28N2O5. The second kappa shape index (κ2) is 10.5. The molecule has 1 heterocycles. The van der Waals surface area contributed by atoms with Gasteiger partial charge in [-0.05, 0) is 31.7 Å². The van der Waals surface area contributed by atoms with Crippen molar-refractivity contribution in [2.45, 2.75) is 45.1 Å². The standard InChI is InChI=1S/C21H28N2O5/c1-4-20(25)27-13-9-5-6-10-14-28-21(26)15-19-17-11-7-8-12-18(17)22(3)23(19)16(2)24/h4,7-8,11-12,19H,1,5-6,9-10,13-15H2,2-3H3. The Morgan fingerprint density at radius 1 is 1.07 bits per heavy atom. The molecule has 0 aromatic heterocycles. The summed E-state index contributed by atoms with van der Waals surface area (Å²) in [7, 11) is 1.82. The Morgan fingerprint density at radius 2 is 1.71 bits per heavy atom. The number of para-hydroxylation sites is 1. The predicted molar refractivity (Wildman–Crippen MR) is 105 cm³/mol. The van der Waals surface area contributed by atoms with Crippen LogP contribution in [0.5, 0.6) is 0 Å². The van der Waals surface area contributed by atoms with Gasteiger partial charge in [0, 0.05) is 25.6 Å². The molecule has 152 valence electrons. The van der Waals surface area contributed by atoms with E-state index in [1.807, 2.05) is 31.3 Å². The van der Waals surface area contributed by atoms with Gasteiger partial charge in [0.25, 0.3) is 0 Å². The normalized spacial score (nSPS) is 15.1. The quantitative estimate of drug-likeness (QED) is 0.348. The van der Waals surface area contributed by atoms with Crippen molar-refractivity contribution < 1.29 is 23.9 Å². The first-order valence-electron chi connectivity index (χ1n) is 9.53. The number of amides is 1. The number of unbranched alkanes of at least 4 members (excludes halogenated alkanes) is 3. The van der Waals surface area contributed by atoms with E-state index in [1.165, 1.54) is 6.92 Å². The molecule has 0 fully saturated rings. The fourth-order valence-corrected chi connectivity index (χ4v) is 3.34. The summed E-state index contributed by atoms with van der Waals surface area (Å²) < 4.78 is 10.2. The highest BCUT2D eigenvalue weighted by Gasteiger charge is 2.37. The number of benzene rings is 1. The van der Waals surface area contributed by atoms with Gasteiger partial charge >= 0.3 is 11.9 Å². The van der Waals surface area contributed by atoms with E-state index in [2.05, 4.69) is 6.58 Å². The summed E-state index contributed by atoms with van der Waals surface area (Å²) in [5, 5.41) is 3.38. The van der Waals surface area contributed by atoms with Gasteiger partial charge in [-0.1, -0.05) is 24.8 Å². The first-order chi connectivity index (χ1) is 13.5. The number of nitrogens with zero attached hydrogens (tertiary/aromatic N) is 2. The summed E-state index contributed by atoms with van der Waals surface area (Å²) in [6, 6.07) is 7.34. The Morgan fingerprint density at radius 3 is 2.36 bits per heavy atom. The number of fused-ring (bicyclic) bond motifs is 1. The Hall–Kier alpha value is -2.83. The number of carbonyl (C=O) groups excluding carboxylic acids is 3. The van der Waals surface area contributed by atoms with E-state index in [0.717, 1.165) is 43.0 Å². The number of ether oxygens (including phenoxy) is 2. The van der Waals surface area contributed by atoms with Crippen molar-refractivity contribution in [1.82, 2.24) is 5.01 Å². The lowest BCUT2D eigenvalue weighted by Gasteiger charge is -2.29. The van der Waals surface area contributed by atoms with Crippen LogP contribution < -0.4 is 5.01 Å². The molecule has 7 heteroatoms. The van der Waals surface area contributed by atoms with Crippen molar-refractivity contribution in [2.24, 2.45) is 0 Å². The summed E-state index contributed by atoms with van der Waals surface area (Å²) >= 11 is 0. The molecule has 0 saturated carbocycles. The Kier molecular flexibility index (Phi) is 8.04. The second-order valence-corrected chi connectivity index (χ2v) is 6.67. The van der Waals surface area contributed by atoms with Gasteiger partial charge in [-0.3, -0.25) is 14.6 Å². The van der Waals surface area contributed by atoms with Gasteiger partial charge in [-0.15, -0.1) is 0 Å². The third-order valence-electron chi connectivity index (χ3n) is 4.66. The van der Waals surface area contributed by atoms with Gasteiger partial charge in [0.2, 0.25) is 5.91 Å². The number of rotatable bonds is 10. The van der Waals surface area contributed by atoms with E-state index >= 15 is 0 Å². The molecule has 1 aliphatic heterocycles. The molecule has 1 atom stereocenters. The minimum Gasteiger partial charge on any atom is -0.466 e. The van der Waals surface area contributed by atoms with Crippen molar-refractivity contribution in [3.63, 3.8) is 0 Å². The van der Waals surface area contributed by atoms with Crippen molar-refractivity contribution in [2.75, 3.05) is 25.3 Å². The molecule has 1 aliphatic rings. The minimum absolute atomic E-state index is 0.117. The van der Waals surface area contributed by atoms with Crippen LogP contribution in [-0.2, 0) is 23.9 Å². The minimum atomic E-state index is -0.410. The first kappa shape index (κ1) is 21.5. The summed E-state index contributed by atoms with van der Waals surface area (Å²) in [6.07, 6.45) is 4.56. The third-order valence-corrected chi connectivity index (χ3v) is 4.66. The van der Waals surface area contributed by atoms with E-state index < -0.39 is 5.97 Å². The van der Waals surface area contributed by atoms with Gasteiger partial charge in [0.05, 0.1) is 31.4 Å². The Balaban J connectivity index is 1.73. The van der Waals surface area contributed by atoms with Crippen LogP contribution in [0.1, 0.15) is 50.6 Å². The van der Waals surface area contributed by atoms with Crippen LogP contribution in [-0.4, -0.2) is 43.1 Å². The van der Waals surface area contributed by atoms with Crippen molar-refractivity contribution in [3.05, 3.63) is 42.5 Å². The molecule has 0 bridgehead atoms. The molecule has 1 aromatic rings. The van der Waals surface area contributed by atoms with Crippen molar-refractivity contribution >= 4 is 23.5 Å². The van der Waals surface area contributed by atoms with Gasteiger partial charge in [0.1, 0.15) is 0 Å². The first-order valence-corrected chi connectivity index (χ1v) is 9.53. The highest BCUT2D eigenvalue weighted by molar-refractivity contribution is 5.81. The summed E-state index contributed by atoms with van der Waals surface area (Å²) in [6.45, 7) is 5.55. The Bertz CT molecular complexity index is 719. The largest absolute Gasteiger partial charge is 0.466 e. The van der Waals surface area contributed by atoms with Gasteiger partial charge < -0.3 is 9.47 Å². The SMILES string of the molecule is C=CC(=O)OCCCCCCOC(=O)CC1c2ccccc2N(C)N1C(C)=O. The summed E-state index contributed by atoms with van der Waals surface area (Å²) in [5.74, 6) is -0.845. The monoisotopic (exact) mass is 388 g/mol. The lowest BCUT2D eigenvalue weighted by molar-refractivity contribution is -0.146. The molecule has 28 heavy (non-hydrogen) atoms. The molecule has 1 amide bonds. The van der Waals surface area contributed by atoms with Crippen LogP contribution in [0.4, 0.5) is 5.69 Å². The fraction of sp³-hybridized carbons (Fsp3) is 0.476. The molecule has 0 spiro atoms. The molecule has 0 radical (unpaired) electrons. The van der Waals surface area contributed by atoms with Gasteiger partial charge in [0.15, 0.2) is 0 Å². The highest BCUT2D eigenvalue weighted by Crippen LogP contribution is 2.40. The van der Waals surface area contributed by atoms with Crippen LogP contribution in [0, 0.1) is 0 Å². The molecule has 0 saturated heterocycles. The van der Waals surface area contributed by atoms with Crippen LogP contribution in [0.25, 0.3) is 0 Å². The lowest BCUT2D eigenvalue weighted by atomic mass is 10.0. The zero-order valence-corrected chi connectivity index (χ0v) is 16.6. The second-order valence-electron chi connectivity index (χ2n) is 6.67. The number of esters is 2. The smallest absolute Gasteiger partial charge is 0.330 e. The predicted octanol–water partition coefficient (Wildman–Crippen LogP) is 3.16. The van der Waals surface area contributed by atoms with Crippen LogP contribution in [0.2, 0.25) is 0 Å². The zero-order valence-electron chi connectivity index (χ0n) is 16.6.